The molecule has 1 aliphatic carbocycles. The highest BCUT2D eigenvalue weighted by atomic mass is 35.5. The first-order valence-corrected chi connectivity index (χ1v) is 8.75. The molecule has 26 heavy (non-hydrogen) atoms. The van der Waals surface area contributed by atoms with Gasteiger partial charge in [0.05, 0.1) is 16.0 Å². The minimum absolute atomic E-state index is 0.0309. The van der Waals surface area contributed by atoms with Gasteiger partial charge in [-0.1, -0.05) is 35.9 Å². The Morgan fingerprint density at radius 3 is 2.85 bits per heavy atom. The first-order valence-electron chi connectivity index (χ1n) is 8.37. The van der Waals surface area contributed by atoms with Gasteiger partial charge in [0.15, 0.2) is 6.61 Å². The zero-order chi connectivity index (χ0) is 18.7. The molecule has 7 heteroatoms. The van der Waals surface area contributed by atoms with Crippen molar-refractivity contribution in [2.24, 2.45) is 0 Å². The summed E-state index contributed by atoms with van der Waals surface area (Å²) in [5.74, 6) is 0.0872. The van der Waals surface area contributed by atoms with E-state index in [1.807, 2.05) is 12.1 Å². The molecule has 1 amide bonds. The fourth-order valence-electron chi connectivity index (χ4n) is 3.27. The molecule has 0 radical (unpaired) electrons. The van der Waals surface area contributed by atoms with Crippen molar-refractivity contribution in [1.29, 1.82) is 0 Å². The summed E-state index contributed by atoms with van der Waals surface area (Å²) < 4.78 is 5.49. The minimum Gasteiger partial charge on any atom is -0.482 e. The van der Waals surface area contributed by atoms with E-state index in [2.05, 4.69) is 12.1 Å². The Balaban J connectivity index is 1.66. The van der Waals surface area contributed by atoms with Crippen molar-refractivity contribution >= 4 is 23.2 Å². The largest absolute Gasteiger partial charge is 0.482 e. The van der Waals surface area contributed by atoms with E-state index in [0.29, 0.717) is 0 Å². The number of halogens is 1. The summed E-state index contributed by atoms with van der Waals surface area (Å²) in [4.78, 5) is 24.5. The third kappa shape index (κ3) is 3.80. The second-order valence-electron chi connectivity index (χ2n) is 6.27. The van der Waals surface area contributed by atoms with Gasteiger partial charge >= 0.3 is 0 Å². The summed E-state index contributed by atoms with van der Waals surface area (Å²) in [7, 11) is 1.77. The molecule has 1 atom stereocenters. The number of non-ortho nitro benzene ring substituents is 1. The third-order valence-corrected chi connectivity index (χ3v) is 4.97. The predicted octanol–water partition coefficient (Wildman–Crippen LogP) is 4.16. The lowest BCUT2D eigenvalue weighted by molar-refractivity contribution is -0.384. The maximum Gasteiger partial charge on any atom is 0.271 e. The second-order valence-corrected chi connectivity index (χ2v) is 6.68. The summed E-state index contributed by atoms with van der Waals surface area (Å²) in [6.07, 6.45) is 2.98. The van der Waals surface area contributed by atoms with Crippen LogP contribution in [0.4, 0.5) is 5.69 Å². The van der Waals surface area contributed by atoms with Crippen molar-refractivity contribution in [3.8, 4) is 5.75 Å². The average Bonchev–Trinajstić information content (AvgIpc) is 2.65. The first-order chi connectivity index (χ1) is 12.5. The smallest absolute Gasteiger partial charge is 0.271 e. The van der Waals surface area contributed by atoms with Gasteiger partial charge in [-0.05, 0) is 36.5 Å². The molecule has 1 unspecified atom stereocenters. The standard InChI is InChI=1S/C19H19ClN2O4/c1-21(17-8-4-6-13-5-2-3-7-15(13)17)19(23)12-26-18-10-9-14(22(24)25)11-16(18)20/h2-3,5,7,9-11,17H,4,6,8,12H2,1H3. The highest BCUT2D eigenvalue weighted by Gasteiger charge is 2.26. The van der Waals surface area contributed by atoms with Gasteiger partial charge in [0.2, 0.25) is 0 Å². The molecule has 0 spiro atoms. The number of carbonyl (C=O) groups excluding carboxylic acids is 1. The molecule has 0 N–H and O–H groups in total. The van der Waals surface area contributed by atoms with Gasteiger partial charge in [-0.3, -0.25) is 14.9 Å². The Morgan fingerprint density at radius 1 is 1.35 bits per heavy atom. The molecule has 0 saturated carbocycles. The van der Waals surface area contributed by atoms with Crippen LogP contribution in [0.2, 0.25) is 5.02 Å². The number of amides is 1. The predicted molar refractivity (Wildman–Crippen MR) is 98.5 cm³/mol. The van der Waals surface area contributed by atoms with Gasteiger partial charge in [0, 0.05) is 19.2 Å². The Labute approximate surface area is 156 Å². The fourth-order valence-corrected chi connectivity index (χ4v) is 3.50. The van der Waals surface area contributed by atoms with E-state index in [4.69, 9.17) is 16.3 Å². The molecule has 0 bridgehead atoms. The second kappa shape index (κ2) is 7.74. The molecular weight excluding hydrogens is 356 g/mol. The lowest BCUT2D eigenvalue weighted by atomic mass is 9.87. The number of carbonyl (C=O) groups is 1. The summed E-state index contributed by atoms with van der Waals surface area (Å²) >= 11 is 6.00. The maximum atomic E-state index is 12.6. The van der Waals surface area contributed by atoms with Crippen LogP contribution >= 0.6 is 11.6 Å². The molecule has 136 valence electrons. The molecule has 2 aromatic rings. The van der Waals surface area contributed by atoms with Crippen molar-refractivity contribution in [2.75, 3.05) is 13.7 Å². The quantitative estimate of drug-likeness (QED) is 0.581. The van der Waals surface area contributed by atoms with Crippen LogP contribution in [0.25, 0.3) is 0 Å². The normalized spacial score (nSPS) is 15.8. The van der Waals surface area contributed by atoms with Crippen LogP contribution in [0.3, 0.4) is 0 Å². The van der Waals surface area contributed by atoms with E-state index >= 15 is 0 Å². The molecule has 0 heterocycles. The number of rotatable bonds is 5. The molecule has 3 rings (SSSR count). The number of hydrogen-bond acceptors (Lipinski definition) is 4. The lowest BCUT2D eigenvalue weighted by Gasteiger charge is -2.33. The van der Waals surface area contributed by atoms with Crippen LogP contribution in [0.1, 0.15) is 30.0 Å². The number of nitro groups is 1. The van der Waals surface area contributed by atoms with E-state index in [9.17, 15) is 14.9 Å². The van der Waals surface area contributed by atoms with E-state index in [1.165, 1.54) is 29.3 Å². The van der Waals surface area contributed by atoms with Crippen LogP contribution in [0.15, 0.2) is 42.5 Å². The minimum atomic E-state index is -0.533. The Kier molecular flexibility index (Phi) is 5.42. The van der Waals surface area contributed by atoms with Gasteiger partial charge < -0.3 is 9.64 Å². The van der Waals surface area contributed by atoms with Crippen molar-refractivity contribution in [3.63, 3.8) is 0 Å². The van der Waals surface area contributed by atoms with Crippen molar-refractivity contribution in [1.82, 2.24) is 4.90 Å². The molecule has 0 aromatic heterocycles. The van der Waals surface area contributed by atoms with E-state index in [0.717, 1.165) is 19.3 Å². The summed E-state index contributed by atoms with van der Waals surface area (Å²) in [6, 6.07) is 12.1. The van der Waals surface area contributed by atoms with E-state index in [1.54, 1.807) is 11.9 Å². The highest BCUT2D eigenvalue weighted by Crippen LogP contribution is 2.34. The van der Waals surface area contributed by atoms with Crippen LogP contribution in [-0.4, -0.2) is 29.4 Å². The molecule has 0 fully saturated rings. The topological polar surface area (TPSA) is 72.7 Å². The fraction of sp³-hybridized carbons (Fsp3) is 0.316. The first kappa shape index (κ1) is 18.2. The molecule has 6 nitrogen and oxygen atoms in total. The Hall–Kier alpha value is -2.60. The molecular formula is C19H19ClN2O4. The number of benzene rings is 2. The Bertz CT molecular complexity index is 840. The van der Waals surface area contributed by atoms with Crippen molar-refractivity contribution in [2.45, 2.75) is 25.3 Å². The number of likely N-dealkylation sites (N-methyl/N-ethyl adjacent to an activating group) is 1. The zero-order valence-electron chi connectivity index (χ0n) is 14.4. The van der Waals surface area contributed by atoms with Gasteiger partial charge in [0.1, 0.15) is 5.75 Å². The van der Waals surface area contributed by atoms with Gasteiger partial charge in [0.25, 0.3) is 11.6 Å². The van der Waals surface area contributed by atoms with Gasteiger partial charge in [-0.2, -0.15) is 0 Å². The maximum absolute atomic E-state index is 12.6. The SMILES string of the molecule is CN(C(=O)COc1ccc([N+](=O)[O-])cc1Cl)C1CCCc2ccccc21. The average molecular weight is 375 g/mol. The highest BCUT2D eigenvalue weighted by molar-refractivity contribution is 6.32. The van der Waals surface area contributed by atoms with Crippen molar-refractivity contribution in [3.05, 3.63) is 68.7 Å². The van der Waals surface area contributed by atoms with Gasteiger partial charge in [-0.15, -0.1) is 0 Å². The molecule has 2 aromatic carbocycles. The molecule has 0 saturated heterocycles. The zero-order valence-corrected chi connectivity index (χ0v) is 15.1. The number of nitro benzene ring substituents is 1. The van der Waals surface area contributed by atoms with Crippen LogP contribution in [0.5, 0.6) is 5.75 Å². The third-order valence-electron chi connectivity index (χ3n) is 4.68. The van der Waals surface area contributed by atoms with Crippen molar-refractivity contribution < 1.29 is 14.5 Å². The van der Waals surface area contributed by atoms with Crippen LogP contribution in [0, 0.1) is 10.1 Å². The summed E-state index contributed by atoms with van der Waals surface area (Å²) in [6.45, 7) is -0.174. The van der Waals surface area contributed by atoms with Gasteiger partial charge in [-0.25, -0.2) is 0 Å². The van der Waals surface area contributed by atoms with Crippen LogP contribution in [-0.2, 0) is 11.2 Å². The number of fused-ring (bicyclic) bond motifs is 1. The number of aryl methyl sites for hydroxylation is 1. The molecule has 1 aliphatic rings. The number of hydrogen-bond donors (Lipinski definition) is 0. The van der Waals surface area contributed by atoms with E-state index in [-0.39, 0.29) is 35.0 Å². The summed E-state index contributed by atoms with van der Waals surface area (Å²) in [5.41, 5.74) is 2.34. The molecule has 0 aliphatic heterocycles. The van der Waals surface area contributed by atoms with E-state index < -0.39 is 4.92 Å². The van der Waals surface area contributed by atoms with Crippen LogP contribution < -0.4 is 4.74 Å². The lowest BCUT2D eigenvalue weighted by Crippen LogP contribution is -2.36. The number of nitrogens with zero attached hydrogens (tertiary/aromatic N) is 2. The number of ether oxygens (including phenoxy) is 1. The Morgan fingerprint density at radius 2 is 2.12 bits per heavy atom. The monoisotopic (exact) mass is 374 g/mol. The summed E-state index contributed by atoms with van der Waals surface area (Å²) in [5, 5.41) is 10.8.